The van der Waals surface area contributed by atoms with Gasteiger partial charge in [0.25, 0.3) is 0 Å². The number of benzene rings is 2. The third-order valence-electron chi connectivity index (χ3n) is 4.29. The molecular weight excluding hydrogens is 332 g/mol. The van der Waals surface area contributed by atoms with Crippen molar-refractivity contribution in [3.8, 4) is 0 Å². The maximum absolute atomic E-state index is 12.1. The number of hydrogen-bond acceptors (Lipinski definition) is 5. The van der Waals surface area contributed by atoms with E-state index < -0.39 is 11.9 Å². The standard InChI is InChI=1S/C21H22O5/c1-4-18(22)13-19(14-5-9-16(10-6-14)20(23)25-2)15-7-11-17(12-8-15)21(24)26-3/h5-12,19H,4,13H2,1-3H3. The predicted molar refractivity (Wildman–Crippen MR) is 97.3 cm³/mol. The lowest BCUT2D eigenvalue weighted by Gasteiger charge is -2.18. The molecule has 0 atom stereocenters. The average Bonchev–Trinajstić information content (AvgIpc) is 2.70. The molecule has 0 aliphatic rings. The molecule has 0 fully saturated rings. The van der Waals surface area contributed by atoms with Gasteiger partial charge in [-0.3, -0.25) is 4.79 Å². The Morgan fingerprint density at radius 1 is 0.769 bits per heavy atom. The Bertz CT molecular complexity index is 716. The van der Waals surface area contributed by atoms with E-state index in [9.17, 15) is 14.4 Å². The van der Waals surface area contributed by atoms with Crippen LogP contribution in [0.1, 0.15) is 57.5 Å². The molecule has 0 aromatic heterocycles. The van der Waals surface area contributed by atoms with Crippen LogP contribution in [-0.2, 0) is 14.3 Å². The van der Waals surface area contributed by atoms with Crippen molar-refractivity contribution >= 4 is 17.7 Å². The fraction of sp³-hybridized carbons (Fsp3) is 0.286. The summed E-state index contributed by atoms with van der Waals surface area (Å²) in [4.78, 5) is 35.3. The van der Waals surface area contributed by atoms with Crippen molar-refractivity contribution in [1.82, 2.24) is 0 Å². The van der Waals surface area contributed by atoms with Gasteiger partial charge in [0.2, 0.25) is 0 Å². The Labute approximate surface area is 152 Å². The van der Waals surface area contributed by atoms with Crippen molar-refractivity contribution in [3.63, 3.8) is 0 Å². The minimum absolute atomic E-state index is 0.143. The highest BCUT2D eigenvalue weighted by Crippen LogP contribution is 2.29. The van der Waals surface area contributed by atoms with Crippen LogP contribution in [0.3, 0.4) is 0 Å². The van der Waals surface area contributed by atoms with E-state index in [4.69, 9.17) is 9.47 Å². The van der Waals surface area contributed by atoms with Crippen LogP contribution in [0.4, 0.5) is 0 Å². The first-order chi connectivity index (χ1) is 12.5. The minimum Gasteiger partial charge on any atom is -0.465 e. The number of carbonyl (C=O) groups excluding carboxylic acids is 3. The summed E-state index contributed by atoms with van der Waals surface area (Å²) in [6.45, 7) is 1.83. The molecule has 0 N–H and O–H groups in total. The van der Waals surface area contributed by atoms with Crippen molar-refractivity contribution in [3.05, 3.63) is 70.8 Å². The van der Waals surface area contributed by atoms with Gasteiger partial charge in [0.15, 0.2) is 0 Å². The molecule has 2 rings (SSSR count). The summed E-state index contributed by atoms with van der Waals surface area (Å²) in [5.74, 6) is -0.815. The summed E-state index contributed by atoms with van der Waals surface area (Å²) in [5.41, 5.74) is 2.76. The van der Waals surface area contributed by atoms with Gasteiger partial charge in [-0.25, -0.2) is 9.59 Å². The number of methoxy groups -OCH3 is 2. The van der Waals surface area contributed by atoms with Crippen LogP contribution in [0.15, 0.2) is 48.5 Å². The van der Waals surface area contributed by atoms with Gasteiger partial charge in [-0.05, 0) is 35.4 Å². The number of Topliss-reactive ketones (excluding diaryl/α,β-unsaturated/α-hetero) is 1. The topological polar surface area (TPSA) is 69.7 Å². The molecule has 0 saturated carbocycles. The lowest BCUT2D eigenvalue weighted by molar-refractivity contribution is -0.118. The van der Waals surface area contributed by atoms with E-state index in [1.807, 2.05) is 31.2 Å². The van der Waals surface area contributed by atoms with E-state index in [0.717, 1.165) is 11.1 Å². The third-order valence-corrected chi connectivity index (χ3v) is 4.29. The summed E-state index contributed by atoms with van der Waals surface area (Å²) < 4.78 is 9.43. The second-order valence-electron chi connectivity index (χ2n) is 5.88. The molecule has 0 spiro atoms. The van der Waals surface area contributed by atoms with Crippen LogP contribution >= 0.6 is 0 Å². The Hall–Kier alpha value is -2.95. The fourth-order valence-electron chi connectivity index (χ4n) is 2.74. The SMILES string of the molecule is CCC(=O)CC(c1ccc(C(=O)OC)cc1)c1ccc(C(=O)OC)cc1. The molecule has 0 heterocycles. The van der Waals surface area contributed by atoms with Gasteiger partial charge < -0.3 is 9.47 Å². The van der Waals surface area contributed by atoms with Gasteiger partial charge in [0, 0.05) is 18.8 Å². The Morgan fingerprint density at radius 3 is 1.46 bits per heavy atom. The molecule has 5 nitrogen and oxygen atoms in total. The van der Waals surface area contributed by atoms with Crippen molar-refractivity contribution in [2.45, 2.75) is 25.7 Å². The Balaban J connectivity index is 2.35. The summed E-state index contributed by atoms with van der Waals surface area (Å²) in [5, 5.41) is 0. The molecule has 0 amide bonds. The summed E-state index contributed by atoms with van der Waals surface area (Å²) in [6.07, 6.45) is 0.808. The first kappa shape index (κ1) is 19.4. The normalized spacial score (nSPS) is 10.5. The van der Waals surface area contributed by atoms with E-state index in [2.05, 4.69) is 0 Å². The summed E-state index contributed by atoms with van der Waals surface area (Å²) >= 11 is 0. The van der Waals surface area contributed by atoms with Gasteiger partial charge in [-0.15, -0.1) is 0 Å². The van der Waals surface area contributed by atoms with Crippen LogP contribution in [0.25, 0.3) is 0 Å². The first-order valence-electron chi connectivity index (χ1n) is 8.38. The molecule has 0 bridgehead atoms. The van der Waals surface area contributed by atoms with Crippen molar-refractivity contribution < 1.29 is 23.9 Å². The number of ketones is 1. The number of rotatable bonds is 7. The maximum Gasteiger partial charge on any atom is 0.337 e. The summed E-state index contributed by atoms with van der Waals surface area (Å²) in [7, 11) is 2.67. The second kappa shape index (κ2) is 8.94. The van der Waals surface area contributed by atoms with Crippen LogP contribution in [0.5, 0.6) is 0 Å². The number of hydrogen-bond donors (Lipinski definition) is 0. The van der Waals surface area contributed by atoms with E-state index in [-0.39, 0.29) is 11.7 Å². The molecule has 0 saturated heterocycles. The predicted octanol–water partition coefficient (Wildman–Crippen LogP) is 3.76. The van der Waals surface area contributed by atoms with Gasteiger partial charge in [-0.2, -0.15) is 0 Å². The average molecular weight is 354 g/mol. The summed E-state index contributed by atoms with van der Waals surface area (Å²) in [6, 6.07) is 14.1. The van der Waals surface area contributed by atoms with Crippen LogP contribution in [0, 0.1) is 0 Å². The van der Waals surface area contributed by atoms with E-state index in [0.29, 0.717) is 24.0 Å². The molecule has 2 aromatic carbocycles. The highest BCUT2D eigenvalue weighted by atomic mass is 16.5. The quantitative estimate of drug-likeness (QED) is 0.708. The molecule has 0 aliphatic heterocycles. The van der Waals surface area contributed by atoms with Crippen molar-refractivity contribution in [2.24, 2.45) is 0 Å². The van der Waals surface area contributed by atoms with Gasteiger partial charge in [0.1, 0.15) is 5.78 Å². The molecule has 136 valence electrons. The zero-order valence-electron chi connectivity index (χ0n) is 15.2. The minimum atomic E-state index is -0.403. The fourth-order valence-corrected chi connectivity index (χ4v) is 2.74. The maximum atomic E-state index is 12.1. The monoisotopic (exact) mass is 354 g/mol. The third kappa shape index (κ3) is 4.57. The number of carbonyl (C=O) groups is 3. The van der Waals surface area contributed by atoms with Crippen molar-refractivity contribution in [2.75, 3.05) is 14.2 Å². The van der Waals surface area contributed by atoms with E-state index >= 15 is 0 Å². The smallest absolute Gasteiger partial charge is 0.337 e. The molecule has 5 heteroatoms. The Kier molecular flexibility index (Phi) is 6.67. The van der Waals surface area contributed by atoms with Crippen LogP contribution in [0.2, 0.25) is 0 Å². The highest BCUT2D eigenvalue weighted by Gasteiger charge is 2.19. The van der Waals surface area contributed by atoms with Crippen molar-refractivity contribution in [1.29, 1.82) is 0 Å². The van der Waals surface area contributed by atoms with Gasteiger partial charge in [-0.1, -0.05) is 31.2 Å². The van der Waals surface area contributed by atoms with Gasteiger partial charge in [0.05, 0.1) is 25.3 Å². The number of esters is 2. The zero-order chi connectivity index (χ0) is 19.1. The lowest BCUT2D eigenvalue weighted by atomic mass is 9.86. The molecule has 0 aliphatic carbocycles. The molecular formula is C21H22O5. The Morgan fingerprint density at radius 2 is 1.15 bits per heavy atom. The molecule has 26 heavy (non-hydrogen) atoms. The van der Waals surface area contributed by atoms with Crippen LogP contribution in [-0.4, -0.2) is 31.9 Å². The largest absolute Gasteiger partial charge is 0.465 e. The second-order valence-corrected chi connectivity index (χ2v) is 5.88. The zero-order valence-corrected chi connectivity index (χ0v) is 15.2. The van der Waals surface area contributed by atoms with Crippen LogP contribution < -0.4 is 0 Å². The van der Waals surface area contributed by atoms with E-state index in [1.54, 1.807) is 24.3 Å². The molecule has 0 radical (unpaired) electrons. The first-order valence-corrected chi connectivity index (χ1v) is 8.38. The number of ether oxygens (including phenoxy) is 2. The highest BCUT2D eigenvalue weighted by molar-refractivity contribution is 5.90. The molecule has 0 unspecified atom stereocenters. The van der Waals surface area contributed by atoms with Gasteiger partial charge >= 0.3 is 11.9 Å². The lowest BCUT2D eigenvalue weighted by Crippen LogP contribution is -2.09. The molecule has 2 aromatic rings. The van der Waals surface area contributed by atoms with E-state index in [1.165, 1.54) is 14.2 Å².